The number of carboxylic acid groups (broad SMARTS) is 1. The molecule has 2 amide bonds. The van der Waals surface area contributed by atoms with Gasteiger partial charge in [0.15, 0.2) is 0 Å². The Morgan fingerprint density at radius 1 is 0.733 bits per heavy atom. The largest absolute Gasteiger partial charge is 0.478 e. The molecule has 174 valence electrons. The number of carbonyl (C=O) groups is 3. The summed E-state index contributed by atoms with van der Waals surface area (Å²) in [6.07, 6.45) is 17.3. The van der Waals surface area contributed by atoms with E-state index in [2.05, 4.69) is 29.7 Å². The molecule has 0 aromatic carbocycles. The molecule has 8 heteroatoms. The van der Waals surface area contributed by atoms with E-state index in [1.807, 2.05) is 0 Å². The minimum Gasteiger partial charge on any atom is -0.478 e. The van der Waals surface area contributed by atoms with E-state index in [0.29, 0.717) is 6.42 Å². The summed E-state index contributed by atoms with van der Waals surface area (Å²) in [4.78, 5) is 34.7. The van der Waals surface area contributed by atoms with Gasteiger partial charge in [0.25, 0.3) is 0 Å². The zero-order valence-corrected chi connectivity index (χ0v) is 18.3. The molecule has 0 bridgehead atoms. The first-order chi connectivity index (χ1) is 14.4. The van der Waals surface area contributed by atoms with Crippen molar-refractivity contribution < 1.29 is 29.7 Å². The normalized spacial score (nSPS) is 11.6. The number of aliphatic carboxylic acids is 1. The van der Waals surface area contributed by atoms with Crippen LogP contribution in [0.1, 0.15) is 90.4 Å². The van der Waals surface area contributed by atoms with E-state index in [0.717, 1.165) is 32.1 Å². The molecule has 0 aliphatic carbocycles. The Kier molecular flexibility index (Phi) is 16.7. The molecular formula is C22H40N2O6. The van der Waals surface area contributed by atoms with Gasteiger partial charge >= 0.3 is 5.97 Å². The third-order valence-corrected chi connectivity index (χ3v) is 4.92. The number of allylic oxidation sites excluding steroid dienone is 2. The maximum absolute atomic E-state index is 11.7. The zero-order valence-electron chi connectivity index (χ0n) is 18.3. The third-order valence-electron chi connectivity index (χ3n) is 4.92. The minimum absolute atomic E-state index is 0.0340. The van der Waals surface area contributed by atoms with Gasteiger partial charge < -0.3 is 26.0 Å². The average Bonchev–Trinajstić information content (AvgIpc) is 2.73. The second-order valence-corrected chi connectivity index (χ2v) is 7.60. The summed E-state index contributed by atoms with van der Waals surface area (Å²) in [5.41, 5.74) is -2.03. The number of hydrogen-bond acceptors (Lipinski definition) is 5. The molecule has 0 aromatic rings. The second kappa shape index (κ2) is 17.9. The van der Waals surface area contributed by atoms with Crippen LogP contribution in [0, 0.1) is 0 Å². The number of hydrogen-bond donors (Lipinski definition) is 5. The molecule has 8 nitrogen and oxygen atoms in total. The maximum atomic E-state index is 11.7. The average molecular weight is 429 g/mol. The van der Waals surface area contributed by atoms with Gasteiger partial charge in [0.2, 0.25) is 17.5 Å². The lowest BCUT2D eigenvalue weighted by Crippen LogP contribution is -2.66. The molecule has 0 aliphatic rings. The lowest BCUT2D eigenvalue weighted by Gasteiger charge is -2.31. The van der Waals surface area contributed by atoms with E-state index in [1.165, 1.54) is 38.5 Å². The van der Waals surface area contributed by atoms with Crippen molar-refractivity contribution >= 4 is 17.8 Å². The molecule has 30 heavy (non-hydrogen) atoms. The first-order valence-electron chi connectivity index (χ1n) is 11.1. The number of nitrogens with one attached hydrogen (secondary N) is 2. The number of carboxylic acids is 1. The van der Waals surface area contributed by atoms with Crippen molar-refractivity contribution in [1.29, 1.82) is 0 Å². The lowest BCUT2D eigenvalue weighted by molar-refractivity contribution is -0.153. The molecule has 0 aromatic heterocycles. The third kappa shape index (κ3) is 13.3. The summed E-state index contributed by atoms with van der Waals surface area (Å²) < 4.78 is 0. The van der Waals surface area contributed by atoms with Crippen molar-refractivity contribution in [2.24, 2.45) is 0 Å². The summed E-state index contributed by atoms with van der Waals surface area (Å²) in [6, 6.07) is 0. The molecule has 0 unspecified atom stereocenters. The van der Waals surface area contributed by atoms with Crippen molar-refractivity contribution in [3.05, 3.63) is 12.2 Å². The van der Waals surface area contributed by atoms with Gasteiger partial charge in [-0.25, -0.2) is 4.79 Å². The number of carbonyl (C=O) groups excluding carboxylic acids is 2. The van der Waals surface area contributed by atoms with Crippen molar-refractivity contribution in [2.75, 3.05) is 13.2 Å². The van der Waals surface area contributed by atoms with Gasteiger partial charge in [-0.15, -0.1) is 0 Å². The van der Waals surface area contributed by atoms with Crippen LogP contribution in [-0.4, -0.2) is 52.0 Å². The predicted octanol–water partition coefficient (Wildman–Crippen LogP) is 2.63. The first kappa shape index (κ1) is 28.1. The van der Waals surface area contributed by atoms with Gasteiger partial charge in [-0.05, 0) is 32.1 Å². The van der Waals surface area contributed by atoms with Crippen LogP contribution in [0.15, 0.2) is 12.2 Å². The first-order valence-corrected chi connectivity index (χ1v) is 11.1. The Morgan fingerprint density at radius 3 is 1.60 bits per heavy atom. The van der Waals surface area contributed by atoms with Crippen molar-refractivity contribution in [3.63, 3.8) is 0 Å². The number of rotatable bonds is 19. The molecule has 0 saturated carbocycles. The molecule has 0 heterocycles. The highest BCUT2D eigenvalue weighted by Crippen LogP contribution is 2.15. The smallest absolute Gasteiger partial charge is 0.350 e. The maximum Gasteiger partial charge on any atom is 0.350 e. The Hall–Kier alpha value is -1.93. The number of unbranched alkanes of at least 4 members (excludes halogenated alkanes) is 10. The monoisotopic (exact) mass is 428 g/mol. The Bertz CT molecular complexity index is 504. The van der Waals surface area contributed by atoms with E-state index in [9.17, 15) is 19.5 Å². The summed E-state index contributed by atoms with van der Waals surface area (Å²) in [5.74, 6) is -3.26. The van der Waals surface area contributed by atoms with Crippen LogP contribution in [0.2, 0.25) is 0 Å². The van der Waals surface area contributed by atoms with E-state index >= 15 is 0 Å². The van der Waals surface area contributed by atoms with Gasteiger partial charge in [-0.1, -0.05) is 64.0 Å². The van der Waals surface area contributed by atoms with E-state index in [-0.39, 0.29) is 6.42 Å². The summed E-state index contributed by atoms with van der Waals surface area (Å²) in [7, 11) is 0. The van der Waals surface area contributed by atoms with Gasteiger partial charge in [-0.3, -0.25) is 9.59 Å². The molecule has 0 radical (unpaired) electrons. The lowest BCUT2D eigenvalue weighted by atomic mass is 9.99. The highest BCUT2D eigenvalue weighted by molar-refractivity contribution is 5.91. The van der Waals surface area contributed by atoms with Gasteiger partial charge in [0.1, 0.15) is 13.2 Å². The van der Waals surface area contributed by atoms with E-state index in [1.54, 1.807) is 0 Å². The summed E-state index contributed by atoms with van der Waals surface area (Å²) >= 11 is 0. The van der Waals surface area contributed by atoms with Crippen LogP contribution in [0.25, 0.3) is 0 Å². The number of amides is 2. The number of aliphatic hydroxyl groups excluding tert-OH is 2. The topological polar surface area (TPSA) is 136 Å². The van der Waals surface area contributed by atoms with Gasteiger partial charge in [-0.2, -0.15) is 0 Å². The number of aliphatic hydroxyl groups is 2. The highest BCUT2D eigenvalue weighted by Gasteiger charge is 2.40. The molecule has 0 rings (SSSR count). The molecule has 0 saturated heterocycles. The van der Waals surface area contributed by atoms with Crippen LogP contribution < -0.4 is 10.6 Å². The SMILES string of the molecule is CCCCCCCC/C=C\CCCCCCC(NC(=O)CO)(NC(=O)CO)C(=O)O. The molecular weight excluding hydrogens is 388 g/mol. The van der Waals surface area contributed by atoms with Crippen molar-refractivity contribution in [1.82, 2.24) is 10.6 Å². The molecule has 5 N–H and O–H groups in total. The molecule has 0 atom stereocenters. The fourth-order valence-electron chi connectivity index (χ4n) is 3.21. The fraction of sp³-hybridized carbons (Fsp3) is 0.773. The van der Waals surface area contributed by atoms with Crippen LogP contribution in [0.5, 0.6) is 0 Å². The standard InChI is InChI=1S/C22H40N2O6/c1-2-3-4-5-6-7-8-9-10-11-12-13-14-15-16-22(21(29)30,23-19(27)17-25)24-20(28)18-26/h9-10,25-26H,2-8,11-18H2,1H3,(H,23,27)(H,24,28)(H,29,30)/b10-9-. The quantitative estimate of drug-likeness (QED) is 0.122. The molecule has 0 aliphatic heterocycles. The van der Waals surface area contributed by atoms with E-state index < -0.39 is 36.7 Å². The van der Waals surface area contributed by atoms with Crippen molar-refractivity contribution in [3.8, 4) is 0 Å². The Balaban J connectivity index is 4.16. The Morgan fingerprint density at radius 2 is 1.17 bits per heavy atom. The molecule has 0 spiro atoms. The van der Waals surface area contributed by atoms with Crippen LogP contribution in [0.4, 0.5) is 0 Å². The fourth-order valence-corrected chi connectivity index (χ4v) is 3.21. The molecule has 0 fully saturated rings. The minimum atomic E-state index is -2.03. The second-order valence-electron chi connectivity index (χ2n) is 7.60. The predicted molar refractivity (Wildman–Crippen MR) is 116 cm³/mol. The highest BCUT2D eigenvalue weighted by atomic mass is 16.4. The van der Waals surface area contributed by atoms with Crippen LogP contribution in [-0.2, 0) is 14.4 Å². The van der Waals surface area contributed by atoms with Crippen LogP contribution in [0.3, 0.4) is 0 Å². The van der Waals surface area contributed by atoms with Crippen LogP contribution >= 0.6 is 0 Å². The van der Waals surface area contributed by atoms with Gasteiger partial charge in [0, 0.05) is 6.42 Å². The Labute approximate surface area is 180 Å². The van der Waals surface area contributed by atoms with E-state index in [4.69, 9.17) is 10.2 Å². The summed E-state index contributed by atoms with van der Waals surface area (Å²) in [5, 5.41) is 31.6. The van der Waals surface area contributed by atoms with Crippen molar-refractivity contribution in [2.45, 2.75) is 96.1 Å². The zero-order chi connectivity index (χ0) is 22.7. The summed E-state index contributed by atoms with van der Waals surface area (Å²) in [6.45, 7) is 0.430. The van der Waals surface area contributed by atoms with Gasteiger partial charge in [0.05, 0.1) is 0 Å².